The van der Waals surface area contributed by atoms with Gasteiger partial charge >= 0.3 is 5.97 Å². The maximum atomic E-state index is 12.4. The minimum absolute atomic E-state index is 0.170. The summed E-state index contributed by atoms with van der Waals surface area (Å²) in [6.45, 7) is 3.68. The van der Waals surface area contributed by atoms with Crippen molar-refractivity contribution in [1.82, 2.24) is 4.57 Å². The lowest BCUT2D eigenvalue weighted by Gasteiger charge is -2.20. The van der Waals surface area contributed by atoms with Gasteiger partial charge in [0, 0.05) is 5.69 Å². The van der Waals surface area contributed by atoms with Gasteiger partial charge in [-0.3, -0.25) is 4.79 Å². The Morgan fingerprint density at radius 1 is 1.29 bits per heavy atom. The van der Waals surface area contributed by atoms with E-state index in [9.17, 15) is 9.59 Å². The molecule has 0 unspecified atom stereocenters. The van der Waals surface area contributed by atoms with Crippen LogP contribution in [0.3, 0.4) is 0 Å². The van der Waals surface area contributed by atoms with Crippen LogP contribution in [0.15, 0.2) is 45.7 Å². The van der Waals surface area contributed by atoms with Crippen molar-refractivity contribution in [2.75, 3.05) is 7.11 Å². The van der Waals surface area contributed by atoms with Gasteiger partial charge in [-0.05, 0) is 41.4 Å². The average molecular weight is 350 g/mol. The largest absolute Gasteiger partial charge is 0.465 e. The van der Waals surface area contributed by atoms with Gasteiger partial charge in [0.1, 0.15) is 0 Å². The van der Waals surface area contributed by atoms with Gasteiger partial charge in [-0.1, -0.05) is 30.3 Å². The molecule has 4 nitrogen and oxygen atoms in total. The summed E-state index contributed by atoms with van der Waals surface area (Å²) in [5.41, 5.74) is 1.80. The van der Waals surface area contributed by atoms with Gasteiger partial charge in [0.15, 0.2) is 0 Å². The summed E-state index contributed by atoms with van der Waals surface area (Å²) in [7, 11) is 1.33. The Morgan fingerprint density at radius 2 is 1.90 bits per heavy atom. The summed E-state index contributed by atoms with van der Waals surface area (Å²) < 4.78 is 6.72. The maximum absolute atomic E-state index is 12.4. The zero-order valence-corrected chi connectivity index (χ0v) is 13.7. The monoisotopic (exact) mass is 349 g/mol. The number of hydrogen-bond donors (Lipinski definition) is 0. The molecule has 0 N–H and O–H groups in total. The predicted molar refractivity (Wildman–Crippen MR) is 84.7 cm³/mol. The molecule has 0 aliphatic rings. The van der Waals surface area contributed by atoms with Crippen LogP contribution >= 0.6 is 15.9 Å². The van der Waals surface area contributed by atoms with E-state index in [0.717, 1.165) is 5.56 Å². The van der Waals surface area contributed by atoms with Crippen molar-refractivity contribution in [3.05, 3.63) is 68.0 Å². The number of benzene rings is 1. The second-order valence-electron chi connectivity index (χ2n) is 4.74. The average Bonchev–Trinajstić information content (AvgIpc) is 2.51. The Hall–Kier alpha value is -1.88. The molecule has 1 heterocycles. The zero-order valence-electron chi connectivity index (χ0n) is 12.1. The van der Waals surface area contributed by atoms with Crippen LogP contribution in [0.2, 0.25) is 0 Å². The molecule has 0 fully saturated rings. The van der Waals surface area contributed by atoms with Gasteiger partial charge in [-0.2, -0.15) is 0 Å². The van der Waals surface area contributed by atoms with E-state index in [4.69, 9.17) is 4.74 Å². The van der Waals surface area contributed by atoms with Crippen molar-refractivity contribution >= 4 is 21.9 Å². The zero-order chi connectivity index (χ0) is 15.6. The standard InChI is InChI=1S/C16H16BrNO3/c1-10(12-7-5-4-6-8-12)18-11(2)13(16(20)21-3)9-14(17)15(18)19/h4-10H,1-3H3/t10-/m1/s1. The van der Waals surface area contributed by atoms with Crippen LogP contribution in [0.25, 0.3) is 0 Å². The van der Waals surface area contributed by atoms with Crippen LogP contribution in [-0.4, -0.2) is 17.6 Å². The number of ether oxygens (including phenoxy) is 1. The highest BCUT2D eigenvalue weighted by Crippen LogP contribution is 2.21. The van der Waals surface area contributed by atoms with Crippen molar-refractivity contribution in [3.8, 4) is 0 Å². The summed E-state index contributed by atoms with van der Waals surface area (Å²) in [6.07, 6.45) is 0. The van der Waals surface area contributed by atoms with Crippen molar-refractivity contribution in [1.29, 1.82) is 0 Å². The third kappa shape index (κ3) is 2.93. The molecule has 110 valence electrons. The third-order valence-corrected chi connectivity index (χ3v) is 4.09. The van der Waals surface area contributed by atoms with Crippen LogP contribution in [-0.2, 0) is 4.74 Å². The van der Waals surface area contributed by atoms with Gasteiger partial charge in [0.2, 0.25) is 0 Å². The first-order chi connectivity index (χ1) is 9.97. The first-order valence-electron chi connectivity index (χ1n) is 6.52. The molecule has 2 rings (SSSR count). The molecule has 0 saturated carbocycles. The summed E-state index contributed by atoms with van der Waals surface area (Å²) in [5.74, 6) is -0.456. The highest BCUT2D eigenvalue weighted by atomic mass is 79.9. The molecule has 1 atom stereocenters. The van der Waals surface area contributed by atoms with E-state index in [0.29, 0.717) is 15.7 Å². The molecule has 0 spiro atoms. The molecule has 1 aromatic carbocycles. The molecule has 0 aliphatic heterocycles. The SMILES string of the molecule is COC(=O)c1cc(Br)c(=O)n([C@H](C)c2ccccc2)c1C. The molecule has 0 aliphatic carbocycles. The number of rotatable bonds is 3. The number of nitrogens with zero attached hydrogens (tertiary/aromatic N) is 1. The number of carbonyl (C=O) groups is 1. The topological polar surface area (TPSA) is 48.3 Å². The molecule has 0 saturated heterocycles. The number of methoxy groups -OCH3 is 1. The first kappa shape index (κ1) is 15.5. The number of halogens is 1. The van der Waals surface area contributed by atoms with Crippen LogP contribution < -0.4 is 5.56 Å². The minimum atomic E-state index is -0.456. The number of hydrogen-bond acceptors (Lipinski definition) is 3. The van der Waals surface area contributed by atoms with Gasteiger partial charge in [0.25, 0.3) is 5.56 Å². The molecule has 1 aromatic heterocycles. The van der Waals surface area contributed by atoms with E-state index in [1.165, 1.54) is 13.2 Å². The second kappa shape index (κ2) is 6.26. The van der Waals surface area contributed by atoms with Crippen LogP contribution in [0, 0.1) is 6.92 Å². The Bertz CT molecular complexity index is 722. The number of pyridine rings is 1. The minimum Gasteiger partial charge on any atom is -0.465 e. The van der Waals surface area contributed by atoms with Gasteiger partial charge in [-0.15, -0.1) is 0 Å². The third-order valence-electron chi connectivity index (χ3n) is 3.52. The lowest BCUT2D eigenvalue weighted by Crippen LogP contribution is -2.29. The maximum Gasteiger partial charge on any atom is 0.339 e. The lowest BCUT2D eigenvalue weighted by molar-refractivity contribution is 0.0598. The molecule has 2 aromatic rings. The molecular formula is C16H16BrNO3. The fourth-order valence-corrected chi connectivity index (χ4v) is 2.77. The Morgan fingerprint density at radius 3 is 2.48 bits per heavy atom. The normalized spacial score (nSPS) is 12.0. The van der Waals surface area contributed by atoms with Crippen molar-refractivity contribution in [3.63, 3.8) is 0 Å². The van der Waals surface area contributed by atoms with Crippen LogP contribution in [0.5, 0.6) is 0 Å². The molecular weight excluding hydrogens is 334 g/mol. The summed E-state index contributed by atoms with van der Waals surface area (Å²) in [5, 5.41) is 0. The molecule has 0 amide bonds. The fraction of sp³-hybridized carbons (Fsp3) is 0.250. The predicted octanol–water partition coefficient (Wildman–Crippen LogP) is 3.32. The Labute approximate surface area is 131 Å². The Balaban J connectivity index is 2.66. The number of carbonyl (C=O) groups excluding carboxylic acids is 1. The number of esters is 1. The van der Waals surface area contributed by atoms with E-state index in [1.54, 1.807) is 11.5 Å². The van der Waals surface area contributed by atoms with Crippen molar-refractivity contribution < 1.29 is 9.53 Å². The van der Waals surface area contributed by atoms with E-state index in [-0.39, 0.29) is 11.6 Å². The van der Waals surface area contributed by atoms with E-state index < -0.39 is 5.97 Å². The Kier molecular flexibility index (Phi) is 4.63. The first-order valence-corrected chi connectivity index (χ1v) is 7.31. The van der Waals surface area contributed by atoms with Crippen LogP contribution in [0.4, 0.5) is 0 Å². The highest BCUT2D eigenvalue weighted by Gasteiger charge is 2.20. The smallest absolute Gasteiger partial charge is 0.339 e. The molecule has 0 bridgehead atoms. The fourth-order valence-electron chi connectivity index (χ4n) is 2.35. The summed E-state index contributed by atoms with van der Waals surface area (Å²) >= 11 is 3.23. The van der Waals surface area contributed by atoms with Gasteiger partial charge in [-0.25, -0.2) is 4.79 Å². The molecule has 0 radical (unpaired) electrons. The van der Waals surface area contributed by atoms with Crippen LogP contribution in [0.1, 0.15) is 34.6 Å². The molecule has 5 heteroatoms. The van der Waals surface area contributed by atoms with Gasteiger partial charge < -0.3 is 9.30 Å². The lowest BCUT2D eigenvalue weighted by atomic mass is 10.1. The molecule has 21 heavy (non-hydrogen) atoms. The summed E-state index contributed by atoms with van der Waals surface area (Å²) in [6, 6.07) is 11.0. The van der Waals surface area contributed by atoms with E-state index >= 15 is 0 Å². The second-order valence-corrected chi connectivity index (χ2v) is 5.60. The van der Waals surface area contributed by atoms with E-state index in [2.05, 4.69) is 15.9 Å². The summed E-state index contributed by atoms with van der Waals surface area (Å²) in [4.78, 5) is 24.3. The quantitative estimate of drug-likeness (QED) is 0.798. The van der Waals surface area contributed by atoms with Crippen molar-refractivity contribution in [2.45, 2.75) is 19.9 Å². The van der Waals surface area contributed by atoms with Gasteiger partial charge in [0.05, 0.1) is 23.2 Å². The van der Waals surface area contributed by atoms with E-state index in [1.807, 2.05) is 37.3 Å². The highest BCUT2D eigenvalue weighted by molar-refractivity contribution is 9.10. The van der Waals surface area contributed by atoms with Crippen molar-refractivity contribution in [2.24, 2.45) is 0 Å². The number of aromatic nitrogens is 1.